The van der Waals surface area contributed by atoms with E-state index in [1.807, 2.05) is 35.2 Å². The van der Waals surface area contributed by atoms with Gasteiger partial charge in [-0.2, -0.15) is 20.2 Å². The number of benzene rings is 1. The summed E-state index contributed by atoms with van der Waals surface area (Å²) in [5, 5.41) is 16.5. The Kier molecular flexibility index (Phi) is 8.31. The van der Waals surface area contributed by atoms with Gasteiger partial charge < -0.3 is 10.6 Å². The van der Waals surface area contributed by atoms with Crippen LogP contribution in [0.25, 0.3) is 0 Å². The fourth-order valence-corrected chi connectivity index (χ4v) is 4.94. The van der Waals surface area contributed by atoms with Crippen molar-refractivity contribution in [3.8, 4) is 6.07 Å². The Hall–Kier alpha value is -2.92. The molecule has 1 aromatic heterocycles. The monoisotopic (exact) mass is 448 g/mol. The van der Waals surface area contributed by atoms with Crippen LogP contribution in [0.2, 0.25) is 0 Å². The molecule has 0 bridgehead atoms. The maximum atomic E-state index is 9.49. The molecule has 2 N–H and O–H groups in total. The van der Waals surface area contributed by atoms with E-state index in [4.69, 9.17) is 15.0 Å². The molecule has 0 radical (unpaired) electrons. The maximum Gasteiger partial charge on any atom is 0.237 e. The van der Waals surface area contributed by atoms with Crippen LogP contribution in [0.15, 0.2) is 30.3 Å². The third kappa shape index (κ3) is 6.32. The molecule has 1 aliphatic heterocycles. The molecule has 1 atom stereocenters. The highest BCUT2D eigenvalue weighted by atomic mass is 15.3. The van der Waals surface area contributed by atoms with Crippen molar-refractivity contribution in [1.82, 2.24) is 19.9 Å². The first-order valence-electron chi connectivity index (χ1n) is 12.5. The van der Waals surface area contributed by atoms with E-state index < -0.39 is 0 Å². The number of aromatic nitrogens is 3. The van der Waals surface area contributed by atoms with Crippen LogP contribution < -0.4 is 15.5 Å². The molecular formula is C25H36N8. The quantitative estimate of drug-likeness (QED) is 0.426. The molecule has 2 aromatic rings. The number of nitrogens with one attached hydrogen (secondary N) is 2. The second-order valence-corrected chi connectivity index (χ2v) is 9.00. The van der Waals surface area contributed by atoms with Gasteiger partial charge in [-0.1, -0.05) is 50.8 Å². The molecule has 33 heavy (non-hydrogen) atoms. The molecule has 1 unspecified atom stereocenters. The van der Waals surface area contributed by atoms with E-state index >= 15 is 0 Å². The molecule has 1 saturated carbocycles. The van der Waals surface area contributed by atoms with Gasteiger partial charge in [0.25, 0.3) is 0 Å². The van der Waals surface area contributed by atoms with Crippen LogP contribution in [0.3, 0.4) is 0 Å². The molecular weight excluding hydrogens is 412 g/mol. The lowest BCUT2D eigenvalue weighted by molar-refractivity contribution is 0.277. The Bertz CT molecular complexity index is 904. The number of anilines is 4. The number of nitriles is 1. The van der Waals surface area contributed by atoms with Gasteiger partial charge in [-0.15, -0.1) is 0 Å². The third-order valence-electron chi connectivity index (χ3n) is 6.75. The number of likely N-dealkylation sites (tertiary alicyclic amines) is 1. The van der Waals surface area contributed by atoms with Gasteiger partial charge in [-0.3, -0.25) is 9.80 Å². The molecule has 1 aliphatic carbocycles. The smallest absolute Gasteiger partial charge is 0.237 e. The van der Waals surface area contributed by atoms with Crippen LogP contribution in [-0.4, -0.2) is 58.1 Å². The minimum atomic E-state index is 0.169. The number of hydrogen-bond donors (Lipinski definition) is 2. The van der Waals surface area contributed by atoms with Crippen LogP contribution in [0.1, 0.15) is 58.3 Å². The summed E-state index contributed by atoms with van der Waals surface area (Å²) in [4.78, 5) is 18.6. The number of rotatable bonds is 9. The summed E-state index contributed by atoms with van der Waals surface area (Å²) in [7, 11) is 0. The summed E-state index contributed by atoms with van der Waals surface area (Å²) >= 11 is 0. The minimum absolute atomic E-state index is 0.169. The Morgan fingerprint density at radius 3 is 2.48 bits per heavy atom. The average molecular weight is 449 g/mol. The first kappa shape index (κ1) is 23.2. The van der Waals surface area contributed by atoms with Gasteiger partial charge >= 0.3 is 0 Å². The van der Waals surface area contributed by atoms with Gasteiger partial charge in [-0.25, -0.2) is 0 Å². The second-order valence-electron chi connectivity index (χ2n) is 9.00. The van der Waals surface area contributed by atoms with Gasteiger partial charge in [-0.05, 0) is 50.9 Å². The lowest BCUT2D eigenvalue weighted by Crippen LogP contribution is -2.35. The summed E-state index contributed by atoms with van der Waals surface area (Å²) in [6.07, 6.45) is 9.77. The van der Waals surface area contributed by atoms with Gasteiger partial charge in [0, 0.05) is 24.3 Å². The van der Waals surface area contributed by atoms with Crippen LogP contribution in [0, 0.1) is 11.3 Å². The molecule has 1 aromatic carbocycles. The molecule has 8 nitrogen and oxygen atoms in total. The largest absolute Gasteiger partial charge is 0.352 e. The van der Waals surface area contributed by atoms with E-state index in [1.54, 1.807) is 0 Å². The van der Waals surface area contributed by atoms with Crippen molar-refractivity contribution in [2.75, 3.05) is 41.7 Å². The predicted molar refractivity (Wildman–Crippen MR) is 133 cm³/mol. The number of para-hydroxylation sites is 1. The highest BCUT2D eigenvalue weighted by molar-refractivity contribution is 5.60. The molecule has 0 spiro atoms. The molecule has 176 valence electrons. The number of likely N-dealkylation sites (N-methyl/N-ethyl adjacent to an activating group) is 1. The summed E-state index contributed by atoms with van der Waals surface area (Å²) in [5.41, 5.74) is 0.893. The van der Waals surface area contributed by atoms with Crippen molar-refractivity contribution in [2.24, 2.45) is 0 Å². The zero-order valence-corrected chi connectivity index (χ0v) is 19.7. The number of hydrogen-bond acceptors (Lipinski definition) is 8. The predicted octanol–water partition coefficient (Wildman–Crippen LogP) is 4.56. The molecule has 0 amide bonds. The second kappa shape index (κ2) is 11.8. The van der Waals surface area contributed by atoms with Crippen molar-refractivity contribution in [1.29, 1.82) is 5.26 Å². The van der Waals surface area contributed by atoms with Crippen molar-refractivity contribution in [3.05, 3.63) is 30.3 Å². The summed E-state index contributed by atoms with van der Waals surface area (Å²) in [6.45, 7) is 5.41. The van der Waals surface area contributed by atoms with E-state index in [1.165, 1.54) is 38.5 Å². The highest BCUT2D eigenvalue weighted by Gasteiger charge is 2.24. The van der Waals surface area contributed by atoms with Crippen LogP contribution in [0.5, 0.6) is 0 Å². The normalized spacial score (nSPS) is 19.6. The maximum absolute atomic E-state index is 9.49. The summed E-state index contributed by atoms with van der Waals surface area (Å²) < 4.78 is 0. The number of nitrogens with zero attached hydrogens (tertiary/aromatic N) is 6. The van der Waals surface area contributed by atoms with Gasteiger partial charge in [0.05, 0.1) is 6.07 Å². The summed E-state index contributed by atoms with van der Waals surface area (Å²) in [6, 6.07) is 13.0. The Morgan fingerprint density at radius 2 is 1.76 bits per heavy atom. The Balaban J connectivity index is 1.59. The molecule has 4 rings (SSSR count). The van der Waals surface area contributed by atoms with E-state index in [0.717, 1.165) is 38.2 Å². The minimum Gasteiger partial charge on any atom is -0.352 e. The topological polar surface area (TPSA) is 93.0 Å². The zero-order valence-electron chi connectivity index (χ0n) is 19.7. The fourth-order valence-electron chi connectivity index (χ4n) is 4.94. The Labute approximate surface area is 197 Å². The standard InChI is InChI=1S/C25H36N8/c1-2-32-17-10-15-22(32)19-27-23-29-24(28-20-11-6-3-4-7-12-20)31-25(30-23)33(18-16-26)21-13-8-5-9-14-21/h5,8-9,13-14,20,22H,2-4,6-7,10-12,15,17-19H2,1H3,(H2,27,28,29,30,31). The van der Waals surface area contributed by atoms with Crippen molar-refractivity contribution in [2.45, 2.75) is 70.4 Å². The average Bonchev–Trinajstić information content (AvgIpc) is 3.16. The van der Waals surface area contributed by atoms with Gasteiger partial charge in [0.15, 0.2) is 0 Å². The van der Waals surface area contributed by atoms with E-state index in [0.29, 0.717) is 29.9 Å². The van der Waals surface area contributed by atoms with Crippen LogP contribution in [0.4, 0.5) is 23.5 Å². The van der Waals surface area contributed by atoms with E-state index in [2.05, 4.69) is 28.5 Å². The first-order valence-corrected chi connectivity index (χ1v) is 12.5. The van der Waals surface area contributed by atoms with Gasteiger partial charge in [0.2, 0.25) is 17.8 Å². The fraction of sp³-hybridized carbons (Fsp3) is 0.600. The van der Waals surface area contributed by atoms with Crippen molar-refractivity contribution in [3.63, 3.8) is 0 Å². The van der Waals surface area contributed by atoms with Crippen molar-refractivity contribution < 1.29 is 0 Å². The van der Waals surface area contributed by atoms with Crippen LogP contribution >= 0.6 is 0 Å². The third-order valence-corrected chi connectivity index (χ3v) is 6.75. The highest BCUT2D eigenvalue weighted by Crippen LogP contribution is 2.25. The SMILES string of the molecule is CCN1CCCC1CNc1nc(NC2CCCCCC2)nc(N(CC#N)c2ccccc2)n1. The van der Waals surface area contributed by atoms with E-state index in [9.17, 15) is 5.26 Å². The van der Waals surface area contributed by atoms with E-state index in [-0.39, 0.29) is 6.54 Å². The zero-order chi connectivity index (χ0) is 22.9. The lowest BCUT2D eigenvalue weighted by atomic mass is 10.1. The van der Waals surface area contributed by atoms with Gasteiger partial charge in [0.1, 0.15) is 6.54 Å². The molecule has 2 heterocycles. The molecule has 8 heteroatoms. The van der Waals surface area contributed by atoms with Crippen molar-refractivity contribution >= 4 is 23.5 Å². The summed E-state index contributed by atoms with van der Waals surface area (Å²) in [5.74, 6) is 1.65. The molecule has 2 fully saturated rings. The molecule has 2 aliphatic rings. The Morgan fingerprint density at radius 1 is 1.00 bits per heavy atom. The lowest BCUT2D eigenvalue weighted by Gasteiger charge is -2.24. The molecule has 1 saturated heterocycles. The first-order chi connectivity index (χ1) is 16.3. The van der Waals surface area contributed by atoms with Crippen LogP contribution in [-0.2, 0) is 0 Å².